The third-order valence-electron chi connectivity index (χ3n) is 6.33. The van der Waals surface area contributed by atoms with Gasteiger partial charge in [-0.05, 0) is 81.8 Å². The Balaban J connectivity index is 2.03. The number of anilines is 1. The van der Waals surface area contributed by atoms with Crippen molar-refractivity contribution < 1.29 is 27.5 Å². The van der Waals surface area contributed by atoms with Crippen LogP contribution in [0.1, 0.15) is 31.9 Å². The number of rotatable bonds is 12. The van der Waals surface area contributed by atoms with Crippen LogP contribution in [0.15, 0.2) is 77.7 Å². The van der Waals surface area contributed by atoms with Crippen molar-refractivity contribution in [1.82, 2.24) is 10.2 Å². The Morgan fingerprint density at radius 3 is 2.08 bits per heavy atom. The van der Waals surface area contributed by atoms with Crippen molar-refractivity contribution in [2.45, 2.75) is 51.2 Å². The minimum absolute atomic E-state index is 0.00613. The molecule has 1 N–H and O–H groups in total. The molecule has 0 aliphatic carbocycles. The minimum atomic E-state index is -4.16. The molecule has 0 aliphatic heterocycles. The quantitative estimate of drug-likeness (QED) is 0.353. The molecule has 3 rings (SSSR count). The van der Waals surface area contributed by atoms with Crippen molar-refractivity contribution in [3.63, 3.8) is 0 Å². The van der Waals surface area contributed by atoms with Gasteiger partial charge in [-0.25, -0.2) is 8.42 Å². The molecule has 0 spiro atoms. The first-order valence-corrected chi connectivity index (χ1v) is 14.4. The summed E-state index contributed by atoms with van der Waals surface area (Å²) < 4.78 is 39.3. The molecule has 3 aromatic rings. The second kappa shape index (κ2) is 13.3. The van der Waals surface area contributed by atoms with E-state index in [1.54, 1.807) is 68.6 Å². The lowest BCUT2D eigenvalue weighted by Gasteiger charge is -2.32. The fourth-order valence-electron chi connectivity index (χ4n) is 4.07. The molecular formula is C30H37N3O6S. The highest BCUT2D eigenvalue weighted by atomic mass is 32.2. The predicted molar refractivity (Wildman–Crippen MR) is 155 cm³/mol. The molecule has 0 saturated carbocycles. The van der Waals surface area contributed by atoms with E-state index in [1.165, 1.54) is 24.1 Å². The summed E-state index contributed by atoms with van der Waals surface area (Å²) in [6.45, 7) is 6.75. The monoisotopic (exact) mass is 567 g/mol. The topological polar surface area (TPSA) is 105 Å². The molecule has 0 radical (unpaired) electrons. The van der Waals surface area contributed by atoms with Crippen LogP contribution in [0.5, 0.6) is 11.5 Å². The van der Waals surface area contributed by atoms with Gasteiger partial charge in [0.05, 0.1) is 24.8 Å². The number of carbonyl (C=O) groups excluding carboxylic acids is 2. The number of hydrogen-bond acceptors (Lipinski definition) is 6. The maximum Gasteiger partial charge on any atom is 0.264 e. The predicted octanol–water partition coefficient (Wildman–Crippen LogP) is 4.15. The number of nitrogens with zero attached hydrogens (tertiary/aromatic N) is 2. The molecule has 0 aromatic heterocycles. The van der Waals surface area contributed by atoms with Crippen molar-refractivity contribution in [2.75, 3.05) is 25.1 Å². The van der Waals surface area contributed by atoms with Crippen molar-refractivity contribution in [2.24, 2.45) is 0 Å². The van der Waals surface area contributed by atoms with Gasteiger partial charge in [-0.1, -0.05) is 29.8 Å². The Bertz CT molecular complexity index is 1410. The molecule has 0 aliphatic rings. The SMILES string of the molecule is COc1ccc(S(=O)(=O)N(CC(=O)N(Cc2cccc(OC)c2)C(C)C(=O)NC(C)C)c2ccc(C)cc2)cc1. The highest BCUT2D eigenvalue weighted by Crippen LogP contribution is 2.26. The zero-order valence-electron chi connectivity index (χ0n) is 23.7. The van der Waals surface area contributed by atoms with Gasteiger partial charge in [0.25, 0.3) is 10.0 Å². The average Bonchev–Trinajstić information content (AvgIpc) is 2.94. The molecule has 2 amide bonds. The van der Waals surface area contributed by atoms with Crippen molar-refractivity contribution in [3.8, 4) is 11.5 Å². The number of ether oxygens (including phenoxy) is 2. The van der Waals surface area contributed by atoms with Crippen molar-refractivity contribution in [3.05, 3.63) is 83.9 Å². The zero-order valence-corrected chi connectivity index (χ0v) is 24.6. The van der Waals surface area contributed by atoms with Crippen LogP contribution in [0.25, 0.3) is 0 Å². The molecular weight excluding hydrogens is 530 g/mol. The molecule has 0 bridgehead atoms. The lowest BCUT2D eigenvalue weighted by molar-refractivity contribution is -0.139. The van der Waals surface area contributed by atoms with Crippen LogP contribution < -0.4 is 19.1 Å². The molecule has 10 heteroatoms. The normalized spacial score (nSPS) is 12.0. The van der Waals surface area contributed by atoms with Crippen LogP contribution in [0.4, 0.5) is 5.69 Å². The smallest absolute Gasteiger partial charge is 0.264 e. The van der Waals surface area contributed by atoms with E-state index in [9.17, 15) is 18.0 Å². The van der Waals surface area contributed by atoms with E-state index in [0.29, 0.717) is 17.2 Å². The fourth-order valence-corrected chi connectivity index (χ4v) is 5.48. The summed E-state index contributed by atoms with van der Waals surface area (Å²) in [5.41, 5.74) is 2.00. The number of benzene rings is 3. The van der Waals surface area contributed by atoms with Crippen LogP contribution >= 0.6 is 0 Å². The summed E-state index contributed by atoms with van der Waals surface area (Å²) in [4.78, 5) is 28.4. The van der Waals surface area contributed by atoms with Crippen LogP contribution in [-0.2, 0) is 26.2 Å². The Kier molecular flexibility index (Phi) is 10.2. The maximum atomic E-state index is 14.0. The summed E-state index contributed by atoms with van der Waals surface area (Å²) >= 11 is 0. The number of amides is 2. The third-order valence-corrected chi connectivity index (χ3v) is 8.12. The number of methoxy groups -OCH3 is 2. The third kappa shape index (κ3) is 7.53. The van der Waals surface area contributed by atoms with E-state index in [1.807, 2.05) is 26.8 Å². The average molecular weight is 568 g/mol. The number of carbonyl (C=O) groups is 2. The number of hydrogen-bond donors (Lipinski definition) is 1. The van der Waals surface area contributed by atoms with Crippen LogP contribution in [0.3, 0.4) is 0 Å². The molecule has 3 aromatic carbocycles. The summed E-state index contributed by atoms with van der Waals surface area (Å²) in [6.07, 6.45) is 0. The highest BCUT2D eigenvalue weighted by molar-refractivity contribution is 7.92. The zero-order chi connectivity index (χ0) is 29.4. The Morgan fingerprint density at radius 1 is 0.875 bits per heavy atom. The Labute approximate surface area is 236 Å². The van der Waals surface area contributed by atoms with Gasteiger partial charge in [-0.2, -0.15) is 0 Å². The molecule has 214 valence electrons. The van der Waals surface area contributed by atoms with E-state index in [-0.39, 0.29) is 23.4 Å². The lowest BCUT2D eigenvalue weighted by atomic mass is 10.1. The molecule has 1 atom stereocenters. The number of sulfonamides is 1. The van der Waals surface area contributed by atoms with E-state index in [2.05, 4.69) is 5.32 Å². The van der Waals surface area contributed by atoms with Crippen molar-refractivity contribution in [1.29, 1.82) is 0 Å². The summed E-state index contributed by atoms with van der Waals surface area (Å²) in [5, 5.41) is 2.84. The molecule has 40 heavy (non-hydrogen) atoms. The van der Waals surface area contributed by atoms with Gasteiger partial charge in [0.2, 0.25) is 11.8 Å². The molecule has 0 saturated heterocycles. The molecule has 0 heterocycles. The number of nitrogens with one attached hydrogen (secondary N) is 1. The molecule has 9 nitrogen and oxygen atoms in total. The Hall–Kier alpha value is -4.05. The van der Waals surface area contributed by atoms with Gasteiger partial charge < -0.3 is 19.7 Å². The fraction of sp³-hybridized carbons (Fsp3) is 0.333. The first-order chi connectivity index (χ1) is 19.0. The van der Waals surface area contributed by atoms with Crippen molar-refractivity contribution >= 4 is 27.5 Å². The minimum Gasteiger partial charge on any atom is -0.497 e. The van der Waals surface area contributed by atoms with E-state index >= 15 is 0 Å². The van der Waals surface area contributed by atoms with E-state index in [0.717, 1.165) is 15.4 Å². The standard InChI is InChI=1S/C30H37N3O6S/c1-21(2)31-30(35)23(4)32(19-24-8-7-9-27(18-24)39-6)29(34)20-33(25-12-10-22(3)11-13-25)40(36,37)28-16-14-26(38-5)15-17-28/h7-18,21,23H,19-20H2,1-6H3,(H,31,35). The second-order valence-electron chi connectivity index (χ2n) is 9.74. The van der Waals surface area contributed by atoms with Gasteiger partial charge in [0, 0.05) is 12.6 Å². The van der Waals surface area contributed by atoms with Crippen LogP contribution in [0.2, 0.25) is 0 Å². The summed E-state index contributed by atoms with van der Waals surface area (Å²) in [6, 6.07) is 19.0. The van der Waals surface area contributed by atoms with Gasteiger partial charge in [-0.15, -0.1) is 0 Å². The second-order valence-corrected chi connectivity index (χ2v) is 11.6. The first-order valence-electron chi connectivity index (χ1n) is 12.9. The number of aryl methyl sites for hydroxylation is 1. The van der Waals surface area contributed by atoms with Gasteiger partial charge >= 0.3 is 0 Å². The Morgan fingerprint density at radius 2 is 1.50 bits per heavy atom. The van der Waals surface area contributed by atoms with Crippen LogP contribution in [0, 0.1) is 6.92 Å². The largest absolute Gasteiger partial charge is 0.497 e. The van der Waals surface area contributed by atoms with E-state index < -0.39 is 28.5 Å². The van der Waals surface area contributed by atoms with Gasteiger partial charge in [0.1, 0.15) is 24.1 Å². The van der Waals surface area contributed by atoms with Gasteiger partial charge in [-0.3, -0.25) is 13.9 Å². The van der Waals surface area contributed by atoms with Crippen LogP contribution in [-0.4, -0.2) is 58.0 Å². The van der Waals surface area contributed by atoms with Gasteiger partial charge in [0.15, 0.2) is 0 Å². The first kappa shape index (κ1) is 30.5. The summed E-state index contributed by atoms with van der Waals surface area (Å²) in [5.74, 6) is 0.233. The highest BCUT2D eigenvalue weighted by Gasteiger charge is 2.32. The lowest BCUT2D eigenvalue weighted by Crippen LogP contribution is -2.52. The summed E-state index contributed by atoms with van der Waals surface area (Å²) in [7, 11) is -1.12. The van der Waals surface area contributed by atoms with E-state index in [4.69, 9.17) is 9.47 Å². The molecule has 1 unspecified atom stereocenters. The maximum absolute atomic E-state index is 14.0. The molecule has 0 fully saturated rings.